The molecule has 162 valence electrons. The zero-order valence-electron chi connectivity index (χ0n) is 18.2. The fourth-order valence-corrected chi connectivity index (χ4v) is 5.63. The molecule has 2 saturated heterocycles. The summed E-state index contributed by atoms with van der Waals surface area (Å²) in [7, 11) is 0. The summed E-state index contributed by atoms with van der Waals surface area (Å²) >= 11 is 1.81. The van der Waals surface area contributed by atoms with Crippen LogP contribution < -0.4 is 4.90 Å². The van der Waals surface area contributed by atoms with E-state index in [2.05, 4.69) is 34.7 Å². The highest BCUT2D eigenvalue weighted by Gasteiger charge is 2.24. The van der Waals surface area contributed by atoms with Crippen molar-refractivity contribution in [1.82, 2.24) is 19.8 Å². The van der Waals surface area contributed by atoms with Crippen LogP contribution in [-0.4, -0.2) is 64.9 Å². The van der Waals surface area contributed by atoms with Crippen LogP contribution in [0.1, 0.15) is 66.4 Å². The first kappa shape index (κ1) is 21.2. The van der Waals surface area contributed by atoms with E-state index in [1.165, 1.54) is 11.3 Å². The van der Waals surface area contributed by atoms with Gasteiger partial charge in [-0.05, 0) is 58.2 Å². The van der Waals surface area contributed by atoms with Crippen molar-refractivity contribution in [3.8, 4) is 0 Å². The number of pyridine rings is 1. The van der Waals surface area contributed by atoms with Gasteiger partial charge in [0.2, 0.25) is 0 Å². The van der Waals surface area contributed by atoms with Crippen LogP contribution in [-0.2, 0) is 6.54 Å². The molecule has 2 aromatic heterocycles. The first-order valence-corrected chi connectivity index (χ1v) is 12.2. The van der Waals surface area contributed by atoms with E-state index >= 15 is 0 Å². The zero-order chi connectivity index (χ0) is 20.9. The summed E-state index contributed by atoms with van der Waals surface area (Å²) in [5, 5.41) is 1.13. The first-order valence-electron chi connectivity index (χ1n) is 11.3. The third-order valence-electron chi connectivity index (χ3n) is 6.31. The zero-order valence-corrected chi connectivity index (χ0v) is 19.0. The van der Waals surface area contributed by atoms with Crippen LogP contribution in [0.25, 0.3) is 0 Å². The van der Waals surface area contributed by atoms with Crippen LogP contribution in [0.3, 0.4) is 0 Å². The van der Waals surface area contributed by atoms with Gasteiger partial charge in [-0.25, -0.2) is 4.98 Å². The summed E-state index contributed by atoms with van der Waals surface area (Å²) in [6, 6.07) is 4.05. The Hall–Kier alpha value is -1.99. The van der Waals surface area contributed by atoms with Crippen molar-refractivity contribution in [2.45, 2.75) is 52.0 Å². The van der Waals surface area contributed by atoms with Crippen molar-refractivity contribution in [3.05, 3.63) is 40.7 Å². The van der Waals surface area contributed by atoms with Crippen LogP contribution >= 0.6 is 11.3 Å². The van der Waals surface area contributed by atoms with Gasteiger partial charge in [0.05, 0.1) is 5.56 Å². The molecule has 4 heterocycles. The topological polar surface area (TPSA) is 52.6 Å². The van der Waals surface area contributed by atoms with Gasteiger partial charge in [0.15, 0.2) is 5.13 Å². The molecule has 2 aromatic rings. The third kappa shape index (κ3) is 4.83. The normalized spacial score (nSPS) is 19.9. The van der Waals surface area contributed by atoms with E-state index in [0.717, 1.165) is 81.5 Å². The highest BCUT2D eigenvalue weighted by molar-refractivity contribution is 7.15. The van der Waals surface area contributed by atoms with E-state index in [-0.39, 0.29) is 5.91 Å². The van der Waals surface area contributed by atoms with Crippen molar-refractivity contribution < 1.29 is 4.79 Å². The van der Waals surface area contributed by atoms with E-state index in [9.17, 15) is 4.79 Å². The summed E-state index contributed by atoms with van der Waals surface area (Å²) in [5.41, 5.74) is 1.84. The fraction of sp³-hybridized carbons (Fsp3) is 0.609. The Morgan fingerprint density at radius 3 is 2.60 bits per heavy atom. The molecular formula is C23H33N5OS. The van der Waals surface area contributed by atoms with Gasteiger partial charge in [-0.2, -0.15) is 0 Å². The van der Waals surface area contributed by atoms with E-state index in [0.29, 0.717) is 5.92 Å². The summed E-state index contributed by atoms with van der Waals surface area (Å²) in [4.78, 5) is 30.0. The molecule has 1 unspecified atom stereocenters. The number of aromatic nitrogens is 2. The van der Waals surface area contributed by atoms with Gasteiger partial charge in [0.25, 0.3) is 5.91 Å². The molecule has 0 N–H and O–H groups in total. The van der Waals surface area contributed by atoms with Gasteiger partial charge < -0.3 is 9.80 Å². The molecule has 0 aromatic carbocycles. The molecule has 4 rings (SSSR count). The Morgan fingerprint density at radius 2 is 1.90 bits per heavy atom. The molecule has 1 amide bonds. The first-order chi connectivity index (χ1) is 14.7. The van der Waals surface area contributed by atoms with E-state index < -0.39 is 0 Å². The SMILES string of the molecule is CCN(CC)c1ncc(CN2CCCC(c3ccc(C(=O)N4CCCC4)cn3)C2)s1. The molecule has 0 aliphatic carbocycles. The lowest BCUT2D eigenvalue weighted by Crippen LogP contribution is -2.34. The largest absolute Gasteiger partial charge is 0.349 e. The Morgan fingerprint density at radius 1 is 1.10 bits per heavy atom. The number of carbonyl (C=O) groups is 1. The third-order valence-corrected chi connectivity index (χ3v) is 7.35. The Bertz CT molecular complexity index is 826. The lowest BCUT2D eigenvalue weighted by atomic mass is 9.94. The average molecular weight is 428 g/mol. The number of thiazole rings is 1. The minimum atomic E-state index is 0.131. The highest BCUT2D eigenvalue weighted by Crippen LogP contribution is 2.29. The van der Waals surface area contributed by atoms with Gasteiger partial charge in [-0.1, -0.05) is 0 Å². The Balaban J connectivity index is 1.36. The van der Waals surface area contributed by atoms with Crippen LogP contribution in [0, 0.1) is 0 Å². The number of carbonyl (C=O) groups excluding carboxylic acids is 1. The highest BCUT2D eigenvalue weighted by atomic mass is 32.1. The van der Waals surface area contributed by atoms with Gasteiger partial charge in [-0.15, -0.1) is 11.3 Å². The fourth-order valence-electron chi connectivity index (χ4n) is 4.55. The van der Waals surface area contributed by atoms with E-state index in [1.54, 1.807) is 6.20 Å². The smallest absolute Gasteiger partial charge is 0.255 e. The van der Waals surface area contributed by atoms with Crippen molar-refractivity contribution in [1.29, 1.82) is 0 Å². The number of nitrogens with zero attached hydrogens (tertiary/aromatic N) is 5. The molecule has 0 radical (unpaired) electrons. The van der Waals surface area contributed by atoms with Gasteiger partial charge in [-0.3, -0.25) is 14.7 Å². The summed E-state index contributed by atoms with van der Waals surface area (Å²) in [5.74, 6) is 0.566. The molecule has 30 heavy (non-hydrogen) atoms. The minimum Gasteiger partial charge on any atom is -0.349 e. The molecule has 1 atom stereocenters. The second-order valence-corrected chi connectivity index (χ2v) is 9.42. The molecule has 0 spiro atoms. The van der Waals surface area contributed by atoms with Crippen molar-refractivity contribution in [2.24, 2.45) is 0 Å². The lowest BCUT2D eigenvalue weighted by molar-refractivity contribution is 0.0792. The minimum absolute atomic E-state index is 0.131. The molecule has 2 aliphatic rings. The second-order valence-electron chi connectivity index (χ2n) is 8.33. The molecule has 2 aliphatic heterocycles. The number of hydrogen-bond donors (Lipinski definition) is 0. The molecule has 7 heteroatoms. The number of likely N-dealkylation sites (tertiary alicyclic amines) is 2. The number of anilines is 1. The van der Waals surface area contributed by atoms with Crippen molar-refractivity contribution >= 4 is 22.4 Å². The van der Waals surface area contributed by atoms with Crippen LogP contribution in [0.15, 0.2) is 24.5 Å². The number of amides is 1. The van der Waals surface area contributed by atoms with Crippen molar-refractivity contribution in [3.63, 3.8) is 0 Å². The average Bonchev–Trinajstić information content (AvgIpc) is 3.47. The predicted molar refractivity (Wildman–Crippen MR) is 122 cm³/mol. The lowest BCUT2D eigenvalue weighted by Gasteiger charge is -2.32. The van der Waals surface area contributed by atoms with Crippen LogP contribution in [0.5, 0.6) is 0 Å². The van der Waals surface area contributed by atoms with Gasteiger partial charge in [0.1, 0.15) is 0 Å². The summed E-state index contributed by atoms with van der Waals surface area (Å²) in [6.07, 6.45) is 8.41. The maximum atomic E-state index is 12.6. The second kappa shape index (κ2) is 9.88. The Labute approximate surface area is 183 Å². The van der Waals surface area contributed by atoms with E-state index in [4.69, 9.17) is 4.98 Å². The molecule has 6 nitrogen and oxygen atoms in total. The van der Waals surface area contributed by atoms with E-state index in [1.807, 2.05) is 28.5 Å². The summed E-state index contributed by atoms with van der Waals surface area (Å²) in [6.45, 7) is 11.2. The maximum absolute atomic E-state index is 12.6. The maximum Gasteiger partial charge on any atom is 0.255 e. The van der Waals surface area contributed by atoms with Crippen LogP contribution in [0.4, 0.5) is 5.13 Å². The van der Waals surface area contributed by atoms with Crippen LogP contribution in [0.2, 0.25) is 0 Å². The molecular weight excluding hydrogens is 394 g/mol. The molecule has 0 bridgehead atoms. The molecule has 2 fully saturated rings. The molecule has 0 saturated carbocycles. The standard InChI is InChI=1S/C23H33N5OS/c1-3-27(4-2)23-25-15-20(30-23)17-26-11-7-8-19(16-26)21-10-9-18(14-24-21)22(29)28-12-5-6-13-28/h9-10,14-15,19H,3-8,11-13,16-17H2,1-2H3. The predicted octanol–water partition coefficient (Wildman–Crippen LogP) is 4.00. The van der Waals surface area contributed by atoms with Gasteiger partial charge >= 0.3 is 0 Å². The number of hydrogen-bond acceptors (Lipinski definition) is 6. The number of piperidine rings is 1. The monoisotopic (exact) mass is 427 g/mol. The quantitative estimate of drug-likeness (QED) is 0.668. The van der Waals surface area contributed by atoms with Crippen molar-refractivity contribution in [2.75, 3.05) is 44.2 Å². The summed E-state index contributed by atoms with van der Waals surface area (Å²) < 4.78 is 0. The Kier molecular flexibility index (Phi) is 7.00. The van der Waals surface area contributed by atoms with Gasteiger partial charge in [0, 0.05) is 68.2 Å². The number of rotatable bonds is 7.